The van der Waals surface area contributed by atoms with Gasteiger partial charge in [0.2, 0.25) is 5.88 Å². The van der Waals surface area contributed by atoms with Crippen molar-refractivity contribution >= 4 is 28.8 Å². The Balaban J connectivity index is 1.62. The Morgan fingerprint density at radius 3 is 2.71 bits per heavy atom. The molecule has 0 bridgehead atoms. The predicted molar refractivity (Wildman–Crippen MR) is 142 cm³/mol. The molecule has 1 amide bonds. The number of methoxy groups -OCH3 is 1. The minimum absolute atomic E-state index is 0.00480. The lowest BCUT2D eigenvalue weighted by atomic mass is 9.85. The molecule has 0 saturated heterocycles. The van der Waals surface area contributed by atoms with E-state index in [1.54, 1.807) is 17.3 Å². The monoisotopic (exact) mass is 521 g/mol. The van der Waals surface area contributed by atoms with Gasteiger partial charge in [0, 0.05) is 23.8 Å². The normalized spacial score (nSPS) is 21.4. The van der Waals surface area contributed by atoms with E-state index in [0.717, 1.165) is 59.5 Å². The number of nitrogens with zero attached hydrogens (tertiary/aromatic N) is 5. The number of anilines is 1. The summed E-state index contributed by atoms with van der Waals surface area (Å²) in [5.74, 6) is 0.146. The third kappa shape index (κ3) is 4.91. The van der Waals surface area contributed by atoms with Gasteiger partial charge in [-0.05, 0) is 65.0 Å². The highest BCUT2D eigenvalue weighted by Gasteiger charge is 2.34. The lowest BCUT2D eigenvalue weighted by molar-refractivity contribution is -0.143. The van der Waals surface area contributed by atoms with E-state index in [-0.39, 0.29) is 30.2 Å². The van der Waals surface area contributed by atoms with E-state index in [0.29, 0.717) is 25.1 Å². The molecule has 10 heteroatoms. The van der Waals surface area contributed by atoms with Crippen LogP contribution in [0.2, 0.25) is 0 Å². The Hall–Kier alpha value is -3.69. The van der Waals surface area contributed by atoms with Gasteiger partial charge in [-0.1, -0.05) is 6.42 Å². The first kappa shape index (κ1) is 25.9. The molecule has 0 radical (unpaired) electrons. The number of hydrogen-bond acceptors (Lipinski definition) is 7. The van der Waals surface area contributed by atoms with Gasteiger partial charge in [0.05, 0.1) is 54.2 Å². The second kappa shape index (κ2) is 10.6. The number of carboxylic acid groups (broad SMARTS) is 1. The van der Waals surface area contributed by atoms with Crippen LogP contribution < -0.4 is 9.64 Å². The van der Waals surface area contributed by atoms with Gasteiger partial charge in [-0.3, -0.25) is 14.7 Å². The van der Waals surface area contributed by atoms with Gasteiger partial charge in [0.15, 0.2) is 0 Å². The second-order valence-corrected chi connectivity index (χ2v) is 10.6. The number of hydrogen-bond donors (Lipinski definition) is 1. The fraction of sp³-hybridized carbons (Fsp3) is 0.536. The van der Waals surface area contributed by atoms with Crippen molar-refractivity contribution in [2.45, 2.75) is 83.9 Å². The standard InChI is InChI=1S/C28H35N5O5/c1-16(2)38-25-15-29-14-19(30-25)13-24-31-26-21-9-8-17(3)32(28(36)37-4)22(21)10-11-23(26)33(24)20-7-5-6-18(12-20)27(34)35/h10-11,14-18,20H,5-9,12-13H2,1-4H3,(H,34,35)/t17-,18+,20+/m0/s1. The average Bonchev–Trinajstić information content (AvgIpc) is 3.26. The van der Waals surface area contributed by atoms with E-state index >= 15 is 0 Å². The number of ether oxygens (including phenoxy) is 2. The summed E-state index contributed by atoms with van der Waals surface area (Å²) in [6.45, 7) is 5.90. The third-order valence-electron chi connectivity index (χ3n) is 7.62. The molecule has 1 aliphatic heterocycles. The molecule has 10 nitrogen and oxygen atoms in total. The van der Waals surface area contributed by atoms with Crippen molar-refractivity contribution in [3.8, 4) is 5.88 Å². The number of amides is 1. The highest BCUT2D eigenvalue weighted by atomic mass is 16.5. The number of fused-ring (bicyclic) bond motifs is 3. The van der Waals surface area contributed by atoms with Gasteiger partial charge in [0.1, 0.15) is 5.82 Å². The summed E-state index contributed by atoms with van der Waals surface area (Å²) >= 11 is 0. The van der Waals surface area contributed by atoms with Crippen LogP contribution in [0, 0.1) is 5.92 Å². The summed E-state index contributed by atoms with van der Waals surface area (Å²) in [6, 6.07) is 4.00. The average molecular weight is 522 g/mol. The van der Waals surface area contributed by atoms with E-state index in [1.165, 1.54) is 7.11 Å². The zero-order chi connectivity index (χ0) is 27.0. The summed E-state index contributed by atoms with van der Waals surface area (Å²) in [5.41, 5.74) is 4.36. The van der Waals surface area contributed by atoms with Gasteiger partial charge >= 0.3 is 12.1 Å². The van der Waals surface area contributed by atoms with Gasteiger partial charge < -0.3 is 19.1 Å². The molecule has 1 aromatic carbocycles. The van der Waals surface area contributed by atoms with Crippen LogP contribution in [0.25, 0.3) is 11.0 Å². The van der Waals surface area contributed by atoms with Gasteiger partial charge in [0.25, 0.3) is 0 Å². The number of carboxylic acids is 1. The molecule has 2 aliphatic rings. The number of aromatic nitrogens is 4. The van der Waals surface area contributed by atoms with Crippen molar-refractivity contribution < 1.29 is 24.2 Å². The molecular formula is C28H35N5O5. The highest BCUT2D eigenvalue weighted by Crippen LogP contribution is 2.40. The molecule has 3 atom stereocenters. The molecule has 2 aromatic heterocycles. The van der Waals surface area contributed by atoms with Crippen molar-refractivity contribution in [3.63, 3.8) is 0 Å². The van der Waals surface area contributed by atoms with Gasteiger partial charge in [-0.2, -0.15) is 0 Å². The number of aliphatic carboxylic acids is 1. The number of benzene rings is 1. The minimum atomic E-state index is -0.745. The molecular weight excluding hydrogens is 486 g/mol. The van der Waals surface area contributed by atoms with Crippen molar-refractivity contribution in [1.29, 1.82) is 0 Å². The van der Waals surface area contributed by atoms with Gasteiger partial charge in [-0.25, -0.2) is 14.8 Å². The van der Waals surface area contributed by atoms with Crippen molar-refractivity contribution in [1.82, 2.24) is 19.5 Å². The molecule has 1 saturated carbocycles. The van der Waals surface area contributed by atoms with Crippen molar-refractivity contribution in [3.05, 3.63) is 41.6 Å². The molecule has 202 valence electrons. The smallest absolute Gasteiger partial charge is 0.414 e. The third-order valence-corrected chi connectivity index (χ3v) is 7.62. The van der Waals surface area contributed by atoms with E-state index < -0.39 is 5.97 Å². The van der Waals surface area contributed by atoms with E-state index in [1.807, 2.05) is 32.9 Å². The molecule has 3 aromatic rings. The zero-order valence-electron chi connectivity index (χ0n) is 22.4. The molecule has 5 rings (SSSR count). The molecule has 0 unspecified atom stereocenters. The summed E-state index contributed by atoms with van der Waals surface area (Å²) in [5, 5.41) is 9.75. The van der Waals surface area contributed by atoms with Gasteiger partial charge in [-0.15, -0.1) is 0 Å². The lowest BCUT2D eigenvalue weighted by Crippen LogP contribution is -2.42. The quantitative estimate of drug-likeness (QED) is 0.485. The maximum absolute atomic E-state index is 12.6. The largest absolute Gasteiger partial charge is 0.481 e. The summed E-state index contributed by atoms with van der Waals surface area (Å²) in [4.78, 5) is 40.3. The highest BCUT2D eigenvalue weighted by molar-refractivity contribution is 5.95. The van der Waals surface area contributed by atoms with Crippen LogP contribution in [0.1, 0.15) is 76.0 Å². The predicted octanol–water partition coefficient (Wildman–Crippen LogP) is 4.93. The Morgan fingerprint density at radius 2 is 1.97 bits per heavy atom. The molecule has 38 heavy (non-hydrogen) atoms. The summed E-state index contributed by atoms with van der Waals surface area (Å²) in [6.07, 6.45) is 7.90. The minimum Gasteiger partial charge on any atom is -0.481 e. The first-order chi connectivity index (χ1) is 18.3. The summed E-state index contributed by atoms with van der Waals surface area (Å²) < 4.78 is 13.0. The Morgan fingerprint density at radius 1 is 1.16 bits per heavy atom. The second-order valence-electron chi connectivity index (χ2n) is 10.6. The lowest BCUT2D eigenvalue weighted by Gasteiger charge is -2.34. The molecule has 0 spiro atoms. The van der Waals surface area contributed by atoms with Crippen LogP contribution in [0.4, 0.5) is 10.5 Å². The number of aryl methyl sites for hydroxylation is 1. The topological polar surface area (TPSA) is 120 Å². The molecule has 1 N–H and O–H groups in total. The first-order valence-electron chi connectivity index (χ1n) is 13.4. The van der Waals surface area contributed by atoms with Crippen LogP contribution in [0.3, 0.4) is 0 Å². The Bertz CT molecular complexity index is 1350. The SMILES string of the molecule is COC(=O)N1c2ccc3c(nc(Cc4cncc(OC(C)C)n4)n3[C@@H]3CCC[C@@H](C(=O)O)C3)c2CC[C@@H]1C. The molecule has 3 heterocycles. The summed E-state index contributed by atoms with van der Waals surface area (Å²) in [7, 11) is 1.40. The van der Waals surface area contributed by atoms with E-state index in [2.05, 4.69) is 14.5 Å². The number of carbonyl (C=O) groups excluding carboxylic acids is 1. The first-order valence-corrected chi connectivity index (χ1v) is 13.4. The fourth-order valence-corrected chi connectivity index (χ4v) is 5.91. The van der Waals surface area contributed by atoms with E-state index in [9.17, 15) is 14.7 Å². The van der Waals surface area contributed by atoms with Crippen molar-refractivity contribution in [2.24, 2.45) is 5.92 Å². The maximum atomic E-state index is 12.6. The van der Waals surface area contributed by atoms with E-state index in [4.69, 9.17) is 14.5 Å². The van der Waals surface area contributed by atoms with Crippen molar-refractivity contribution in [2.75, 3.05) is 12.0 Å². The van der Waals surface area contributed by atoms with Crippen LogP contribution >= 0.6 is 0 Å². The Labute approximate surface area is 222 Å². The number of carbonyl (C=O) groups is 2. The fourth-order valence-electron chi connectivity index (χ4n) is 5.91. The maximum Gasteiger partial charge on any atom is 0.414 e. The van der Waals surface area contributed by atoms with Crippen LogP contribution in [-0.2, 0) is 22.4 Å². The van der Waals surface area contributed by atoms with Crippen LogP contribution in [0.5, 0.6) is 5.88 Å². The molecule has 1 fully saturated rings. The zero-order valence-corrected chi connectivity index (χ0v) is 22.4. The Kier molecular flexibility index (Phi) is 7.23. The van der Waals surface area contributed by atoms with Crippen LogP contribution in [0.15, 0.2) is 24.5 Å². The number of imidazole rings is 1. The van der Waals surface area contributed by atoms with Crippen LogP contribution in [-0.4, -0.2) is 55.9 Å². The molecule has 1 aliphatic carbocycles. The number of rotatable bonds is 6.